The highest BCUT2D eigenvalue weighted by Gasteiger charge is 2.21. The minimum atomic E-state index is 0.629. The van der Waals surface area contributed by atoms with Gasteiger partial charge in [0, 0.05) is 12.6 Å². The van der Waals surface area contributed by atoms with Crippen LogP contribution in [0.1, 0.15) is 51.0 Å². The van der Waals surface area contributed by atoms with Crippen LogP contribution in [0.2, 0.25) is 10.0 Å². The van der Waals surface area contributed by atoms with Crippen molar-refractivity contribution in [1.82, 2.24) is 5.32 Å². The van der Waals surface area contributed by atoms with E-state index in [2.05, 4.69) is 18.3 Å². The van der Waals surface area contributed by atoms with Crippen LogP contribution in [0, 0.1) is 5.92 Å². The SMILES string of the molecule is CCC(NCc1ccc(Cl)c(Cl)c1)C1CCCCC1. The first-order valence-corrected chi connectivity index (χ1v) is 8.13. The Morgan fingerprint density at radius 3 is 2.53 bits per heavy atom. The maximum atomic E-state index is 6.05. The Morgan fingerprint density at radius 1 is 1.16 bits per heavy atom. The molecule has 0 bridgehead atoms. The lowest BCUT2D eigenvalue weighted by Gasteiger charge is -2.30. The molecule has 1 fully saturated rings. The van der Waals surface area contributed by atoms with Gasteiger partial charge >= 0.3 is 0 Å². The predicted octanol–water partition coefficient (Wildman–Crippen LogP) is 5.44. The van der Waals surface area contributed by atoms with Gasteiger partial charge < -0.3 is 5.32 Å². The molecule has 0 saturated heterocycles. The van der Waals surface area contributed by atoms with Gasteiger partial charge in [-0.3, -0.25) is 0 Å². The third kappa shape index (κ3) is 4.37. The Kier molecular flexibility index (Phi) is 6.00. The van der Waals surface area contributed by atoms with Gasteiger partial charge in [-0.2, -0.15) is 0 Å². The molecule has 1 aliphatic carbocycles. The van der Waals surface area contributed by atoms with E-state index in [0.29, 0.717) is 16.1 Å². The van der Waals surface area contributed by atoms with E-state index in [-0.39, 0.29) is 0 Å². The first-order chi connectivity index (χ1) is 9.20. The zero-order valence-electron chi connectivity index (χ0n) is 11.6. The summed E-state index contributed by atoms with van der Waals surface area (Å²) in [7, 11) is 0. The van der Waals surface area contributed by atoms with Crippen LogP contribution >= 0.6 is 23.2 Å². The molecule has 0 amide bonds. The summed E-state index contributed by atoms with van der Waals surface area (Å²) in [6.07, 6.45) is 8.18. The first kappa shape index (κ1) is 15.2. The number of hydrogen-bond donors (Lipinski definition) is 1. The number of rotatable bonds is 5. The molecule has 1 aliphatic rings. The van der Waals surface area contributed by atoms with Gasteiger partial charge in [-0.15, -0.1) is 0 Å². The fraction of sp³-hybridized carbons (Fsp3) is 0.625. The number of benzene rings is 1. The lowest BCUT2D eigenvalue weighted by Crippen LogP contribution is -2.36. The fourth-order valence-electron chi connectivity index (χ4n) is 3.08. The van der Waals surface area contributed by atoms with Crippen LogP contribution in [0.4, 0.5) is 0 Å². The average molecular weight is 300 g/mol. The summed E-state index contributed by atoms with van der Waals surface area (Å²) in [6.45, 7) is 3.16. The zero-order valence-corrected chi connectivity index (χ0v) is 13.1. The van der Waals surface area contributed by atoms with Gasteiger partial charge in [0.2, 0.25) is 0 Å². The molecule has 2 rings (SSSR count). The van der Waals surface area contributed by atoms with Crippen LogP contribution in [0.15, 0.2) is 18.2 Å². The molecule has 1 nitrogen and oxygen atoms in total. The number of nitrogens with one attached hydrogen (secondary N) is 1. The van der Waals surface area contributed by atoms with Crippen molar-refractivity contribution in [3.05, 3.63) is 33.8 Å². The molecule has 19 heavy (non-hydrogen) atoms. The van der Waals surface area contributed by atoms with Crippen LogP contribution in [-0.4, -0.2) is 6.04 Å². The summed E-state index contributed by atoms with van der Waals surface area (Å²) < 4.78 is 0. The summed E-state index contributed by atoms with van der Waals surface area (Å²) in [4.78, 5) is 0. The summed E-state index contributed by atoms with van der Waals surface area (Å²) >= 11 is 12.0. The second-order valence-electron chi connectivity index (χ2n) is 5.54. The van der Waals surface area contributed by atoms with E-state index in [1.54, 1.807) is 0 Å². The molecular weight excluding hydrogens is 277 g/mol. The van der Waals surface area contributed by atoms with E-state index in [4.69, 9.17) is 23.2 Å². The molecule has 0 aromatic heterocycles. The summed E-state index contributed by atoms with van der Waals surface area (Å²) in [5.74, 6) is 0.849. The van der Waals surface area contributed by atoms with Crippen molar-refractivity contribution >= 4 is 23.2 Å². The van der Waals surface area contributed by atoms with E-state index in [1.165, 1.54) is 44.1 Å². The van der Waals surface area contributed by atoms with Crippen LogP contribution in [0.3, 0.4) is 0 Å². The van der Waals surface area contributed by atoms with E-state index in [0.717, 1.165) is 12.5 Å². The van der Waals surface area contributed by atoms with E-state index >= 15 is 0 Å². The van der Waals surface area contributed by atoms with Gasteiger partial charge in [-0.25, -0.2) is 0 Å². The topological polar surface area (TPSA) is 12.0 Å². The minimum absolute atomic E-state index is 0.629. The predicted molar refractivity (Wildman–Crippen MR) is 84.0 cm³/mol. The molecule has 1 unspecified atom stereocenters. The maximum absolute atomic E-state index is 6.05. The molecule has 0 radical (unpaired) electrons. The molecule has 0 spiro atoms. The van der Waals surface area contributed by atoms with Crippen molar-refractivity contribution in [3.63, 3.8) is 0 Å². The molecule has 0 heterocycles. The van der Waals surface area contributed by atoms with Gasteiger partial charge in [0.15, 0.2) is 0 Å². The third-order valence-corrected chi connectivity index (χ3v) is 4.95. The number of hydrogen-bond acceptors (Lipinski definition) is 1. The lowest BCUT2D eigenvalue weighted by atomic mass is 9.83. The second kappa shape index (κ2) is 7.52. The Morgan fingerprint density at radius 2 is 1.89 bits per heavy atom. The Hall–Kier alpha value is -0.240. The Labute approximate surface area is 126 Å². The van der Waals surface area contributed by atoms with Crippen molar-refractivity contribution in [2.45, 2.75) is 58.0 Å². The van der Waals surface area contributed by atoms with E-state index < -0.39 is 0 Å². The van der Waals surface area contributed by atoms with Gasteiger partial charge in [-0.1, -0.05) is 55.5 Å². The lowest BCUT2D eigenvalue weighted by molar-refractivity contribution is 0.262. The second-order valence-corrected chi connectivity index (χ2v) is 6.36. The largest absolute Gasteiger partial charge is 0.310 e. The third-order valence-electron chi connectivity index (χ3n) is 4.21. The summed E-state index contributed by atoms with van der Waals surface area (Å²) in [5.41, 5.74) is 1.21. The minimum Gasteiger partial charge on any atom is -0.310 e. The van der Waals surface area contributed by atoms with Crippen molar-refractivity contribution in [2.75, 3.05) is 0 Å². The summed E-state index contributed by atoms with van der Waals surface area (Å²) in [5, 5.41) is 4.97. The molecule has 1 N–H and O–H groups in total. The van der Waals surface area contributed by atoms with Gasteiger partial charge in [0.1, 0.15) is 0 Å². The van der Waals surface area contributed by atoms with Gasteiger partial charge in [0.05, 0.1) is 10.0 Å². The molecule has 1 atom stereocenters. The highest BCUT2D eigenvalue weighted by molar-refractivity contribution is 6.42. The quantitative estimate of drug-likeness (QED) is 0.763. The van der Waals surface area contributed by atoms with Crippen molar-refractivity contribution in [3.8, 4) is 0 Å². The molecule has 0 aliphatic heterocycles. The molecule has 3 heteroatoms. The molecular formula is C16H23Cl2N. The smallest absolute Gasteiger partial charge is 0.0595 e. The highest BCUT2D eigenvalue weighted by Crippen LogP contribution is 2.28. The molecule has 106 valence electrons. The normalized spacial score (nSPS) is 18.5. The monoisotopic (exact) mass is 299 g/mol. The summed E-state index contributed by atoms with van der Waals surface area (Å²) in [6, 6.07) is 6.52. The maximum Gasteiger partial charge on any atom is 0.0595 e. The van der Waals surface area contributed by atoms with Crippen LogP contribution in [0.25, 0.3) is 0 Å². The Balaban J connectivity index is 1.89. The average Bonchev–Trinajstić information content (AvgIpc) is 2.44. The Bertz CT molecular complexity index is 400. The number of halogens is 2. The standard InChI is InChI=1S/C16H23Cl2N/c1-2-16(13-6-4-3-5-7-13)19-11-12-8-9-14(17)15(18)10-12/h8-10,13,16,19H,2-7,11H2,1H3. The van der Waals surface area contributed by atoms with Gasteiger partial charge in [-0.05, 0) is 42.9 Å². The molecule has 1 saturated carbocycles. The van der Waals surface area contributed by atoms with Crippen molar-refractivity contribution < 1.29 is 0 Å². The van der Waals surface area contributed by atoms with Crippen LogP contribution in [0.5, 0.6) is 0 Å². The van der Waals surface area contributed by atoms with Crippen LogP contribution < -0.4 is 5.32 Å². The van der Waals surface area contributed by atoms with E-state index in [9.17, 15) is 0 Å². The molecule has 1 aromatic rings. The molecule has 1 aromatic carbocycles. The first-order valence-electron chi connectivity index (χ1n) is 7.38. The van der Waals surface area contributed by atoms with Crippen molar-refractivity contribution in [1.29, 1.82) is 0 Å². The highest BCUT2D eigenvalue weighted by atomic mass is 35.5. The van der Waals surface area contributed by atoms with Crippen LogP contribution in [-0.2, 0) is 6.54 Å². The fourth-order valence-corrected chi connectivity index (χ4v) is 3.40. The van der Waals surface area contributed by atoms with Crippen molar-refractivity contribution in [2.24, 2.45) is 5.92 Å². The van der Waals surface area contributed by atoms with Gasteiger partial charge in [0.25, 0.3) is 0 Å². The van der Waals surface area contributed by atoms with E-state index in [1.807, 2.05) is 12.1 Å². The zero-order chi connectivity index (χ0) is 13.7.